The summed E-state index contributed by atoms with van der Waals surface area (Å²) in [5, 5.41) is 12.9. The molecule has 6 heteroatoms. The van der Waals surface area contributed by atoms with E-state index in [1.807, 2.05) is 78.9 Å². The standard InChI is InChI=1S/C26H26N2O4/c29-26(30)21(16-19-6-2-1-3-7-19)17-20-10-12-22(13-11-20)31-15-14-27-18-25-28-23-8-4-5-9-24(23)32-25/h1-13,21,27H,14-18H2,(H,29,30). The van der Waals surface area contributed by atoms with Crippen molar-refractivity contribution >= 4 is 17.1 Å². The first-order chi connectivity index (χ1) is 15.7. The van der Waals surface area contributed by atoms with Gasteiger partial charge in [0.05, 0.1) is 12.5 Å². The van der Waals surface area contributed by atoms with Crippen molar-refractivity contribution in [2.75, 3.05) is 13.2 Å². The van der Waals surface area contributed by atoms with E-state index in [9.17, 15) is 9.90 Å². The molecule has 0 saturated carbocycles. The number of carboxylic acid groups (broad SMARTS) is 1. The molecule has 0 amide bonds. The lowest BCUT2D eigenvalue weighted by Crippen LogP contribution is -2.20. The van der Waals surface area contributed by atoms with Crippen LogP contribution in [0.3, 0.4) is 0 Å². The minimum atomic E-state index is -0.779. The number of carboxylic acids is 1. The molecule has 3 aromatic carbocycles. The normalized spacial score (nSPS) is 12.0. The number of hydrogen-bond donors (Lipinski definition) is 2. The minimum Gasteiger partial charge on any atom is -0.492 e. The minimum absolute atomic E-state index is 0.458. The van der Waals surface area contributed by atoms with Crippen molar-refractivity contribution in [3.05, 3.63) is 95.9 Å². The molecular weight excluding hydrogens is 404 g/mol. The summed E-state index contributed by atoms with van der Waals surface area (Å²) in [4.78, 5) is 16.1. The van der Waals surface area contributed by atoms with Crippen LogP contribution in [-0.4, -0.2) is 29.2 Å². The second-order valence-electron chi connectivity index (χ2n) is 7.67. The van der Waals surface area contributed by atoms with Gasteiger partial charge in [0.2, 0.25) is 5.89 Å². The molecule has 0 radical (unpaired) electrons. The Morgan fingerprint density at radius 2 is 1.62 bits per heavy atom. The van der Waals surface area contributed by atoms with Gasteiger partial charge < -0.3 is 19.6 Å². The van der Waals surface area contributed by atoms with Gasteiger partial charge in [-0.3, -0.25) is 4.79 Å². The molecule has 1 unspecified atom stereocenters. The zero-order valence-corrected chi connectivity index (χ0v) is 17.7. The van der Waals surface area contributed by atoms with Gasteiger partial charge in [-0.1, -0.05) is 54.6 Å². The molecule has 4 rings (SSSR count). The number of hydrogen-bond acceptors (Lipinski definition) is 5. The molecular formula is C26H26N2O4. The molecule has 1 heterocycles. The van der Waals surface area contributed by atoms with Crippen molar-refractivity contribution in [1.29, 1.82) is 0 Å². The van der Waals surface area contributed by atoms with Gasteiger partial charge in [-0.25, -0.2) is 4.98 Å². The molecule has 0 aliphatic carbocycles. The predicted octanol–water partition coefficient (Wildman–Crippen LogP) is 4.48. The number of aromatic nitrogens is 1. The van der Waals surface area contributed by atoms with Crippen LogP contribution in [0.4, 0.5) is 0 Å². The van der Waals surface area contributed by atoms with Crippen molar-refractivity contribution < 1.29 is 19.1 Å². The lowest BCUT2D eigenvalue weighted by Gasteiger charge is -2.13. The fourth-order valence-corrected chi connectivity index (χ4v) is 3.58. The van der Waals surface area contributed by atoms with Crippen LogP contribution < -0.4 is 10.1 Å². The number of nitrogens with one attached hydrogen (secondary N) is 1. The molecule has 0 fully saturated rings. The van der Waals surface area contributed by atoms with Crippen molar-refractivity contribution in [3.63, 3.8) is 0 Å². The Bertz CT molecular complexity index is 1110. The van der Waals surface area contributed by atoms with Crippen molar-refractivity contribution in [2.45, 2.75) is 19.4 Å². The summed E-state index contributed by atoms with van der Waals surface area (Å²) in [5.74, 6) is 0.172. The largest absolute Gasteiger partial charge is 0.492 e. The third-order valence-corrected chi connectivity index (χ3v) is 5.24. The Labute approximate surface area is 186 Å². The number of oxazole rings is 1. The summed E-state index contributed by atoms with van der Waals surface area (Å²) >= 11 is 0. The maximum Gasteiger partial charge on any atom is 0.307 e. The van der Waals surface area contributed by atoms with Crippen LogP contribution in [0.15, 0.2) is 83.3 Å². The molecule has 0 saturated heterocycles. The van der Waals surface area contributed by atoms with Crippen molar-refractivity contribution in [1.82, 2.24) is 10.3 Å². The third kappa shape index (κ3) is 5.95. The molecule has 6 nitrogen and oxygen atoms in total. The Morgan fingerprint density at radius 1 is 0.938 bits per heavy atom. The van der Waals surface area contributed by atoms with Gasteiger partial charge in [-0.15, -0.1) is 0 Å². The molecule has 4 aromatic rings. The SMILES string of the molecule is O=C(O)C(Cc1ccccc1)Cc1ccc(OCCNCc2nc3ccccc3o2)cc1. The lowest BCUT2D eigenvalue weighted by atomic mass is 9.92. The summed E-state index contributed by atoms with van der Waals surface area (Å²) in [6.45, 7) is 1.69. The predicted molar refractivity (Wildman–Crippen MR) is 123 cm³/mol. The number of aliphatic carboxylic acids is 1. The Kier molecular flexibility index (Phi) is 7.15. The molecule has 1 atom stereocenters. The van der Waals surface area contributed by atoms with E-state index in [0.29, 0.717) is 38.4 Å². The highest BCUT2D eigenvalue weighted by Gasteiger charge is 2.18. The number of nitrogens with zero attached hydrogens (tertiary/aromatic N) is 1. The Balaban J connectivity index is 1.21. The van der Waals surface area contributed by atoms with Gasteiger partial charge in [-0.05, 0) is 48.2 Å². The fraction of sp³-hybridized carbons (Fsp3) is 0.231. The number of fused-ring (bicyclic) bond motifs is 1. The Hall–Kier alpha value is -3.64. The Morgan fingerprint density at radius 3 is 2.34 bits per heavy atom. The van der Waals surface area contributed by atoms with Crippen LogP contribution in [0.2, 0.25) is 0 Å². The van der Waals surface area contributed by atoms with Gasteiger partial charge in [-0.2, -0.15) is 0 Å². The number of benzene rings is 3. The summed E-state index contributed by atoms with van der Waals surface area (Å²) < 4.78 is 11.5. The smallest absolute Gasteiger partial charge is 0.307 e. The van der Waals surface area contributed by atoms with E-state index in [0.717, 1.165) is 28.0 Å². The summed E-state index contributed by atoms with van der Waals surface area (Å²) in [6.07, 6.45) is 0.997. The zero-order chi connectivity index (χ0) is 22.2. The van der Waals surface area contributed by atoms with Gasteiger partial charge in [0.1, 0.15) is 17.9 Å². The second kappa shape index (κ2) is 10.6. The van der Waals surface area contributed by atoms with Crippen LogP contribution in [-0.2, 0) is 24.2 Å². The summed E-state index contributed by atoms with van der Waals surface area (Å²) in [6, 6.07) is 25.1. The van der Waals surface area contributed by atoms with Crippen LogP contribution in [0.1, 0.15) is 17.0 Å². The number of rotatable bonds is 11. The van der Waals surface area contributed by atoms with E-state index in [-0.39, 0.29) is 0 Å². The molecule has 164 valence electrons. The fourth-order valence-electron chi connectivity index (χ4n) is 3.58. The van der Waals surface area contributed by atoms with E-state index < -0.39 is 11.9 Å². The van der Waals surface area contributed by atoms with E-state index in [2.05, 4.69) is 10.3 Å². The average Bonchev–Trinajstić information content (AvgIpc) is 3.23. The molecule has 2 N–H and O–H groups in total. The van der Waals surface area contributed by atoms with Gasteiger partial charge in [0.25, 0.3) is 0 Å². The number of para-hydroxylation sites is 2. The number of carbonyl (C=O) groups is 1. The quantitative estimate of drug-likeness (QED) is 0.341. The maximum atomic E-state index is 11.7. The van der Waals surface area contributed by atoms with Crippen molar-refractivity contribution in [2.24, 2.45) is 5.92 Å². The summed E-state index contributed by atoms with van der Waals surface area (Å²) in [7, 11) is 0. The average molecular weight is 431 g/mol. The van der Waals surface area contributed by atoms with Crippen molar-refractivity contribution in [3.8, 4) is 5.75 Å². The zero-order valence-electron chi connectivity index (χ0n) is 17.7. The van der Waals surface area contributed by atoms with E-state index >= 15 is 0 Å². The molecule has 1 aromatic heterocycles. The van der Waals surface area contributed by atoms with E-state index in [1.165, 1.54) is 0 Å². The molecule has 0 bridgehead atoms. The molecule has 0 spiro atoms. The van der Waals surface area contributed by atoms with Crippen LogP contribution in [0.25, 0.3) is 11.1 Å². The first-order valence-electron chi connectivity index (χ1n) is 10.7. The second-order valence-corrected chi connectivity index (χ2v) is 7.67. The highest BCUT2D eigenvalue weighted by Crippen LogP contribution is 2.18. The van der Waals surface area contributed by atoms with Gasteiger partial charge in [0, 0.05) is 6.54 Å². The first kappa shape index (κ1) is 21.6. The third-order valence-electron chi connectivity index (χ3n) is 5.24. The van der Waals surface area contributed by atoms with Crippen LogP contribution in [0, 0.1) is 5.92 Å². The number of ether oxygens (including phenoxy) is 1. The molecule has 0 aliphatic rings. The summed E-state index contributed by atoms with van der Waals surface area (Å²) in [5.41, 5.74) is 3.66. The molecule has 32 heavy (non-hydrogen) atoms. The highest BCUT2D eigenvalue weighted by molar-refractivity contribution is 5.72. The topological polar surface area (TPSA) is 84.6 Å². The molecule has 0 aliphatic heterocycles. The van der Waals surface area contributed by atoms with E-state index in [4.69, 9.17) is 9.15 Å². The monoisotopic (exact) mass is 430 g/mol. The van der Waals surface area contributed by atoms with Crippen LogP contribution >= 0.6 is 0 Å². The van der Waals surface area contributed by atoms with Gasteiger partial charge in [0.15, 0.2) is 5.58 Å². The van der Waals surface area contributed by atoms with Gasteiger partial charge >= 0.3 is 5.97 Å². The maximum absolute atomic E-state index is 11.7. The van der Waals surface area contributed by atoms with E-state index in [1.54, 1.807) is 0 Å². The lowest BCUT2D eigenvalue weighted by molar-refractivity contribution is -0.141. The van der Waals surface area contributed by atoms with Crippen LogP contribution in [0.5, 0.6) is 5.75 Å². The highest BCUT2D eigenvalue weighted by atomic mass is 16.5. The first-order valence-corrected chi connectivity index (χ1v) is 10.7.